The van der Waals surface area contributed by atoms with Crippen LogP contribution in [0.3, 0.4) is 0 Å². The molecule has 0 spiro atoms. The van der Waals surface area contributed by atoms with Crippen LogP contribution in [0.1, 0.15) is 29.1 Å². The smallest absolute Gasteiger partial charge is 0.338 e. The van der Waals surface area contributed by atoms with Crippen molar-refractivity contribution in [1.29, 1.82) is 0 Å². The molecule has 6 atom stereocenters. The topological polar surface area (TPSA) is 74.2 Å². The van der Waals surface area contributed by atoms with Gasteiger partial charge in [0.15, 0.2) is 12.4 Å². The Morgan fingerprint density at radius 2 is 1.79 bits per heavy atom. The molecule has 0 amide bonds. The predicted molar refractivity (Wildman–Crippen MR) is 108 cm³/mol. The van der Waals surface area contributed by atoms with Gasteiger partial charge in [-0.1, -0.05) is 55.5 Å². The molecule has 154 valence electrons. The number of carbonyl (C=O) groups is 1. The molecule has 2 saturated heterocycles. The van der Waals surface area contributed by atoms with Gasteiger partial charge in [0.2, 0.25) is 0 Å². The summed E-state index contributed by atoms with van der Waals surface area (Å²) in [4.78, 5) is 12.7. The molecule has 0 saturated carbocycles. The summed E-state index contributed by atoms with van der Waals surface area (Å²) in [5.41, 5.74) is 0.767. The number of rotatable bonds is 5. The minimum atomic E-state index is -1.01. The SMILES string of the molecule is CCS[C@H]1O[C@@H]2CO[C@@H](c3ccccc3)O[C@H]2[C@H](OC(=O)c2ccccc2)[C@@H]1O. The third-order valence-electron chi connectivity index (χ3n) is 4.96. The fourth-order valence-electron chi connectivity index (χ4n) is 3.54. The van der Waals surface area contributed by atoms with Crippen molar-refractivity contribution in [1.82, 2.24) is 0 Å². The molecular formula is C22H24O6S. The fraction of sp³-hybridized carbons (Fsp3) is 0.409. The molecule has 6 nitrogen and oxygen atoms in total. The van der Waals surface area contributed by atoms with E-state index in [9.17, 15) is 9.90 Å². The van der Waals surface area contributed by atoms with Crippen molar-refractivity contribution in [3.63, 3.8) is 0 Å². The van der Waals surface area contributed by atoms with E-state index in [2.05, 4.69) is 0 Å². The van der Waals surface area contributed by atoms with Gasteiger partial charge in [-0.3, -0.25) is 0 Å². The molecule has 4 rings (SSSR count). The largest absolute Gasteiger partial charge is 0.453 e. The van der Waals surface area contributed by atoms with E-state index in [0.717, 1.165) is 11.3 Å². The lowest BCUT2D eigenvalue weighted by Gasteiger charge is -2.47. The maximum absolute atomic E-state index is 12.7. The Kier molecular flexibility index (Phi) is 6.52. The zero-order chi connectivity index (χ0) is 20.2. The quantitative estimate of drug-likeness (QED) is 0.751. The van der Waals surface area contributed by atoms with Crippen LogP contribution >= 0.6 is 11.8 Å². The Morgan fingerprint density at radius 1 is 1.10 bits per heavy atom. The number of aliphatic hydroxyl groups is 1. The van der Waals surface area contributed by atoms with Crippen LogP contribution in [-0.4, -0.2) is 53.3 Å². The first-order valence-corrected chi connectivity index (χ1v) is 10.8. The Morgan fingerprint density at radius 3 is 2.48 bits per heavy atom. The van der Waals surface area contributed by atoms with E-state index in [-0.39, 0.29) is 6.61 Å². The van der Waals surface area contributed by atoms with E-state index in [1.54, 1.807) is 24.3 Å². The molecule has 7 heteroatoms. The Labute approximate surface area is 174 Å². The van der Waals surface area contributed by atoms with E-state index in [1.807, 2.05) is 43.3 Å². The lowest BCUT2D eigenvalue weighted by Crippen LogP contribution is -2.62. The van der Waals surface area contributed by atoms with Crippen molar-refractivity contribution in [3.05, 3.63) is 71.8 Å². The highest BCUT2D eigenvalue weighted by Gasteiger charge is 2.51. The molecule has 2 fully saturated rings. The lowest BCUT2D eigenvalue weighted by molar-refractivity contribution is -0.317. The normalized spacial score (nSPS) is 31.7. The summed E-state index contributed by atoms with van der Waals surface area (Å²) in [5, 5.41) is 10.9. The Bertz CT molecular complexity index is 801. The van der Waals surface area contributed by atoms with Crippen molar-refractivity contribution in [2.45, 2.75) is 43.1 Å². The molecule has 1 N–H and O–H groups in total. The zero-order valence-corrected chi connectivity index (χ0v) is 16.9. The second-order valence-corrected chi connectivity index (χ2v) is 8.28. The van der Waals surface area contributed by atoms with Gasteiger partial charge in [0.25, 0.3) is 0 Å². The Balaban J connectivity index is 1.56. The summed E-state index contributed by atoms with van der Waals surface area (Å²) >= 11 is 1.47. The second kappa shape index (κ2) is 9.28. The number of benzene rings is 2. The van der Waals surface area contributed by atoms with Crippen LogP contribution < -0.4 is 0 Å². The zero-order valence-electron chi connectivity index (χ0n) is 16.0. The van der Waals surface area contributed by atoms with Gasteiger partial charge < -0.3 is 24.1 Å². The summed E-state index contributed by atoms with van der Waals surface area (Å²) in [6.07, 6.45) is -3.55. The molecule has 2 aliphatic rings. The van der Waals surface area contributed by atoms with Gasteiger partial charge in [0.1, 0.15) is 23.7 Å². The van der Waals surface area contributed by atoms with Crippen LogP contribution in [0, 0.1) is 0 Å². The third-order valence-corrected chi connectivity index (χ3v) is 6.01. The van der Waals surface area contributed by atoms with Gasteiger partial charge in [-0.15, -0.1) is 11.8 Å². The van der Waals surface area contributed by atoms with Crippen LogP contribution in [0.4, 0.5) is 0 Å². The van der Waals surface area contributed by atoms with Gasteiger partial charge in [0.05, 0.1) is 12.2 Å². The lowest BCUT2D eigenvalue weighted by atomic mass is 9.98. The number of fused-ring (bicyclic) bond motifs is 1. The first-order valence-electron chi connectivity index (χ1n) is 9.70. The van der Waals surface area contributed by atoms with Crippen molar-refractivity contribution in [2.75, 3.05) is 12.4 Å². The van der Waals surface area contributed by atoms with Gasteiger partial charge in [-0.2, -0.15) is 0 Å². The standard InChI is InChI=1S/C22H24O6S/c1-2-29-22-17(23)19(27-20(24)14-9-5-3-6-10-14)18-16(26-22)13-25-21(28-18)15-11-7-4-8-12-15/h3-12,16-19,21-23H,2,13H2,1H3/t16-,17+,18-,19-,21-,22-/m1/s1. The molecular weight excluding hydrogens is 392 g/mol. The summed E-state index contributed by atoms with van der Waals surface area (Å²) in [7, 11) is 0. The number of thioether (sulfide) groups is 1. The summed E-state index contributed by atoms with van der Waals surface area (Å²) in [5.74, 6) is 0.259. The fourth-order valence-corrected chi connectivity index (χ4v) is 4.45. The number of ether oxygens (including phenoxy) is 4. The number of esters is 1. The van der Waals surface area contributed by atoms with Crippen LogP contribution in [0.2, 0.25) is 0 Å². The summed E-state index contributed by atoms with van der Waals surface area (Å²) in [6, 6.07) is 18.3. The molecule has 0 bridgehead atoms. The van der Waals surface area contributed by atoms with Crippen LogP contribution in [0.25, 0.3) is 0 Å². The average Bonchev–Trinajstić information content (AvgIpc) is 2.77. The van der Waals surface area contributed by atoms with Crippen LogP contribution in [-0.2, 0) is 18.9 Å². The van der Waals surface area contributed by atoms with Gasteiger partial charge in [-0.25, -0.2) is 4.79 Å². The Hall–Kier alpha value is -1.90. The molecule has 0 aromatic heterocycles. The first-order chi connectivity index (χ1) is 14.2. The maximum atomic E-state index is 12.7. The highest BCUT2D eigenvalue weighted by atomic mass is 32.2. The summed E-state index contributed by atoms with van der Waals surface area (Å²) < 4.78 is 23.8. The number of hydrogen-bond acceptors (Lipinski definition) is 7. The molecule has 0 radical (unpaired) electrons. The van der Waals surface area contributed by atoms with E-state index >= 15 is 0 Å². The van der Waals surface area contributed by atoms with Crippen LogP contribution in [0.5, 0.6) is 0 Å². The van der Waals surface area contributed by atoms with Crippen molar-refractivity contribution >= 4 is 17.7 Å². The second-order valence-electron chi connectivity index (χ2n) is 6.90. The number of hydrogen-bond donors (Lipinski definition) is 1. The highest BCUT2D eigenvalue weighted by Crippen LogP contribution is 2.38. The number of carbonyl (C=O) groups excluding carboxylic acids is 1. The minimum Gasteiger partial charge on any atom is -0.453 e. The highest BCUT2D eigenvalue weighted by molar-refractivity contribution is 7.99. The molecule has 2 aliphatic heterocycles. The first kappa shape index (κ1) is 20.4. The average molecular weight is 416 g/mol. The third kappa shape index (κ3) is 4.49. The predicted octanol–water partition coefficient (Wildman–Crippen LogP) is 3.17. The van der Waals surface area contributed by atoms with E-state index < -0.39 is 42.1 Å². The molecule has 2 aromatic carbocycles. The van der Waals surface area contributed by atoms with Gasteiger partial charge in [0, 0.05) is 5.56 Å². The van der Waals surface area contributed by atoms with Gasteiger partial charge in [-0.05, 0) is 17.9 Å². The monoisotopic (exact) mass is 416 g/mol. The van der Waals surface area contributed by atoms with E-state index in [1.165, 1.54) is 11.8 Å². The van der Waals surface area contributed by atoms with E-state index in [4.69, 9.17) is 18.9 Å². The summed E-state index contributed by atoms with van der Waals surface area (Å²) in [6.45, 7) is 2.27. The van der Waals surface area contributed by atoms with Gasteiger partial charge >= 0.3 is 5.97 Å². The molecule has 0 unspecified atom stereocenters. The maximum Gasteiger partial charge on any atom is 0.338 e. The molecule has 0 aliphatic carbocycles. The van der Waals surface area contributed by atoms with Crippen molar-refractivity contribution in [2.24, 2.45) is 0 Å². The molecule has 2 heterocycles. The molecule has 2 aromatic rings. The van der Waals surface area contributed by atoms with Crippen molar-refractivity contribution < 1.29 is 28.8 Å². The van der Waals surface area contributed by atoms with Crippen LogP contribution in [0.15, 0.2) is 60.7 Å². The van der Waals surface area contributed by atoms with Crippen molar-refractivity contribution in [3.8, 4) is 0 Å². The molecule has 29 heavy (non-hydrogen) atoms. The van der Waals surface area contributed by atoms with E-state index in [0.29, 0.717) is 5.56 Å². The minimum absolute atomic E-state index is 0.289. The number of aliphatic hydroxyl groups excluding tert-OH is 1.